The van der Waals surface area contributed by atoms with E-state index in [4.69, 9.17) is 5.73 Å². The van der Waals surface area contributed by atoms with Crippen molar-refractivity contribution in [2.24, 2.45) is 5.73 Å². The highest BCUT2D eigenvalue weighted by molar-refractivity contribution is 5.88. The molecule has 0 aliphatic carbocycles. The van der Waals surface area contributed by atoms with Crippen LogP contribution in [0.1, 0.15) is 13.8 Å². The van der Waals surface area contributed by atoms with Gasteiger partial charge in [0.1, 0.15) is 0 Å². The first-order chi connectivity index (χ1) is 8.29. The topological polar surface area (TPSA) is 72.6 Å². The van der Waals surface area contributed by atoms with E-state index < -0.39 is 42.3 Å². The molecule has 0 unspecified atom stereocenters. The third kappa shape index (κ3) is 2.94. The largest absolute Gasteiger partial charge is 0.491 e. The molecule has 0 aromatic heterocycles. The Balaban J connectivity index is 2.74. The number of hydrogen-bond donors (Lipinski definition) is 1. The smallest absolute Gasteiger partial charge is 0.428 e. The molecule has 1 saturated heterocycles. The van der Waals surface area contributed by atoms with Crippen LogP contribution in [0.25, 0.3) is 0 Å². The van der Waals surface area contributed by atoms with Crippen molar-refractivity contribution in [3.63, 3.8) is 0 Å². The predicted octanol–water partition coefficient (Wildman–Crippen LogP) is 0.633. The van der Waals surface area contributed by atoms with Gasteiger partial charge in [-0.3, -0.25) is 10.5 Å². The van der Waals surface area contributed by atoms with Gasteiger partial charge in [-0.25, -0.2) is 13.6 Å². The second-order valence-corrected chi connectivity index (χ2v) is 4.36. The molecule has 0 aromatic carbocycles. The van der Waals surface area contributed by atoms with Crippen molar-refractivity contribution < 1.29 is 36.3 Å². The van der Waals surface area contributed by atoms with Crippen LogP contribution in [0.3, 0.4) is 0 Å². The van der Waals surface area contributed by atoms with E-state index in [-0.39, 0.29) is 0 Å². The standard InChI is InChI=1S/C9H11F5N2O3/c1-4-8(10,11)3-16(4)5(17)7(2,15)19-6(18)9(12,13)14/h4H,3,15H2,1-2H3/t4-,7-/m1/s1. The van der Waals surface area contributed by atoms with Gasteiger partial charge in [-0.05, 0) is 13.8 Å². The number of halogens is 5. The highest BCUT2D eigenvalue weighted by Gasteiger charge is 2.58. The Morgan fingerprint density at radius 2 is 1.84 bits per heavy atom. The van der Waals surface area contributed by atoms with Gasteiger partial charge in [0.05, 0.1) is 12.6 Å². The first-order valence-corrected chi connectivity index (χ1v) is 5.07. The molecule has 2 N–H and O–H groups in total. The van der Waals surface area contributed by atoms with Gasteiger partial charge in [0.2, 0.25) is 5.72 Å². The van der Waals surface area contributed by atoms with Crippen LogP contribution in [-0.4, -0.2) is 47.2 Å². The molecule has 1 amide bonds. The highest BCUT2D eigenvalue weighted by atomic mass is 19.4. The van der Waals surface area contributed by atoms with Crippen LogP contribution < -0.4 is 5.73 Å². The fourth-order valence-corrected chi connectivity index (χ4v) is 1.44. The number of nitrogens with two attached hydrogens (primary N) is 1. The maximum Gasteiger partial charge on any atom is 0.491 e. The van der Waals surface area contributed by atoms with Gasteiger partial charge in [-0.15, -0.1) is 0 Å². The number of nitrogens with zero attached hydrogens (tertiary/aromatic N) is 1. The Kier molecular flexibility index (Phi) is 3.52. The van der Waals surface area contributed by atoms with Crippen LogP contribution in [-0.2, 0) is 14.3 Å². The van der Waals surface area contributed by atoms with Gasteiger partial charge in [-0.1, -0.05) is 0 Å². The molecule has 0 spiro atoms. The van der Waals surface area contributed by atoms with Gasteiger partial charge in [0, 0.05) is 0 Å². The fraction of sp³-hybridized carbons (Fsp3) is 0.778. The van der Waals surface area contributed by atoms with E-state index in [1.54, 1.807) is 0 Å². The first kappa shape index (κ1) is 15.6. The zero-order valence-electron chi connectivity index (χ0n) is 9.92. The lowest BCUT2D eigenvalue weighted by Crippen LogP contribution is -2.71. The molecule has 5 nitrogen and oxygen atoms in total. The number of esters is 1. The van der Waals surface area contributed by atoms with Crippen LogP contribution >= 0.6 is 0 Å². The van der Waals surface area contributed by atoms with Crippen LogP contribution in [0, 0.1) is 0 Å². The summed E-state index contributed by atoms with van der Waals surface area (Å²) in [7, 11) is 0. The molecule has 1 aliphatic rings. The number of carbonyl (C=O) groups is 2. The maximum atomic E-state index is 12.9. The Morgan fingerprint density at radius 1 is 1.37 bits per heavy atom. The average Bonchev–Trinajstić information content (AvgIpc) is 2.22. The van der Waals surface area contributed by atoms with E-state index in [9.17, 15) is 31.5 Å². The second kappa shape index (κ2) is 4.29. The number of ether oxygens (including phenoxy) is 1. The summed E-state index contributed by atoms with van der Waals surface area (Å²) in [5, 5.41) is 0. The molecular weight excluding hydrogens is 279 g/mol. The number of likely N-dealkylation sites (tertiary alicyclic amines) is 1. The lowest BCUT2D eigenvalue weighted by molar-refractivity contribution is -0.224. The van der Waals surface area contributed by atoms with E-state index in [0.29, 0.717) is 11.8 Å². The summed E-state index contributed by atoms with van der Waals surface area (Å²) in [5.41, 5.74) is 2.48. The Hall–Kier alpha value is -1.45. The lowest BCUT2D eigenvalue weighted by atomic mass is 9.98. The number of hydrogen-bond acceptors (Lipinski definition) is 4. The van der Waals surface area contributed by atoms with Crippen molar-refractivity contribution in [3.05, 3.63) is 0 Å². The minimum absolute atomic E-state index is 0.545. The van der Waals surface area contributed by atoms with Crippen molar-refractivity contribution in [2.75, 3.05) is 6.54 Å². The minimum Gasteiger partial charge on any atom is -0.428 e. The second-order valence-electron chi connectivity index (χ2n) is 4.36. The number of amides is 1. The molecule has 1 aliphatic heterocycles. The summed E-state index contributed by atoms with van der Waals surface area (Å²) < 4.78 is 65.4. The summed E-state index contributed by atoms with van der Waals surface area (Å²) >= 11 is 0. The van der Waals surface area contributed by atoms with Gasteiger partial charge >= 0.3 is 12.1 Å². The van der Waals surface area contributed by atoms with E-state index in [1.165, 1.54) is 0 Å². The molecule has 1 heterocycles. The van der Waals surface area contributed by atoms with E-state index in [0.717, 1.165) is 6.92 Å². The zero-order valence-corrected chi connectivity index (χ0v) is 9.92. The molecule has 0 bridgehead atoms. The Bertz CT molecular complexity index is 407. The maximum absolute atomic E-state index is 12.9. The summed E-state index contributed by atoms with van der Waals surface area (Å²) in [4.78, 5) is 22.8. The third-order valence-electron chi connectivity index (χ3n) is 2.68. The van der Waals surface area contributed by atoms with Gasteiger partial charge in [-0.2, -0.15) is 13.2 Å². The highest BCUT2D eigenvalue weighted by Crippen LogP contribution is 2.35. The van der Waals surface area contributed by atoms with E-state index in [1.807, 2.05) is 0 Å². The number of alkyl halides is 5. The normalized spacial score (nSPS) is 25.3. The van der Waals surface area contributed by atoms with Gasteiger partial charge in [0.15, 0.2) is 0 Å². The molecule has 2 atom stereocenters. The van der Waals surface area contributed by atoms with E-state index >= 15 is 0 Å². The summed E-state index contributed by atoms with van der Waals surface area (Å²) in [6, 6.07) is -1.52. The molecule has 0 aromatic rings. The molecule has 0 saturated carbocycles. The summed E-state index contributed by atoms with van der Waals surface area (Å²) in [5.74, 6) is -7.12. The first-order valence-electron chi connectivity index (χ1n) is 5.07. The monoisotopic (exact) mass is 290 g/mol. The number of carbonyl (C=O) groups excluding carboxylic acids is 2. The van der Waals surface area contributed by atoms with Crippen molar-refractivity contribution >= 4 is 11.9 Å². The minimum atomic E-state index is -5.33. The number of rotatable bonds is 2. The van der Waals surface area contributed by atoms with Crippen molar-refractivity contribution in [2.45, 2.75) is 37.7 Å². The predicted molar refractivity (Wildman–Crippen MR) is 50.9 cm³/mol. The SMILES string of the molecule is C[C@H]1N(C(=O)[C@](C)(N)OC(=O)C(F)(F)F)CC1(F)F. The molecule has 1 fully saturated rings. The molecule has 19 heavy (non-hydrogen) atoms. The van der Waals surface area contributed by atoms with Crippen molar-refractivity contribution in [1.82, 2.24) is 4.90 Å². The van der Waals surface area contributed by atoms with Crippen LogP contribution in [0.2, 0.25) is 0 Å². The summed E-state index contributed by atoms with van der Waals surface area (Å²) in [6.07, 6.45) is -5.33. The molecule has 1 rings (SSSR count). The third-order valence-corrected chi connectivity index (χ3v) is 2.68. The molecular formula is C9H11F5N2O3. The Morgan fingerprint density at radius 3 is 2.16 bits per heavy atom. The van der Waals surface area contributed by atoms with Gasteiger partial charge < -0.3 is 9.64 Å². The quantitative estimate of drug-likeness (QED) is 0.460. The van der Waals surface area contributed by atoms with E-state index in [2.05, 4.69) is 4.74 Å². The van der Waals surface area contributed by atoms with Crippen LogP contribution in [0.5, 0.6) is 0 Å². The molecule has 0 radical (unpaired) electrons. The average molecular weight is 290 g/mol. The van der Waals surface area contributed by atoms with Crippen molar-refractivity contribution in [3.8, 4) is 0 Å². The van der Waals surface area contributed by atoms with Gasteiger partial charge in [0.25, 0.3) is 11.8 Å². The van der Waals surface area contributed by atoms with Crippen LogP contribution in [0.15, 0.2) is 0 Å². The van der Waals surface area contributed by atoms with Crippen LogP contribution in [0.4, 0.5) is 22.0 Å². The Labute approximate surface area is 104 Å². The fourth-order valence-electron chi connectivity index (χ4n) is 1.44. The summed E-state index contributed by atoms with van der Waals surface area (Å²) in [6.45, 7) is 0.717. The van der Waals surface area contributed by atoms with Crippen molar-refractivity contribution in [1.29, 1.82) is 0 Å². The molecule has 110 valence electrons. The zero-order chi connectivity index (χ0) is 15.2. The molecule has 10 heteroatoms. The lowest BCUT2D eigenvalue weighted by Gasteiger charge is -2.47.